The Bertz CT molecular complexity index is 881. The zero-order valence-electron chi connectivity index (χ0n) is 12.5. The van der Waals surface area contributed by atoms with E-state index in [0.29, 0.717) is 16.6 Å². The molecule has 0 bridgehead atoms. The van der Waals surface area contributed by atoms with Crippen molar-refractivity contribution in [3.8, 4) is 17.0 Å². The highest BCUT2D eigenvalue weighted by Crippen LogP contribution is 2.30. The van der Waals surface area contributed by atoms with Crippen LogP contribution in [0.3, 0.4) is 0 Å². The average Bonchev–Trinajstić information content (AvgIpc) is 2.48. The molecule has 118 valence electrons. The Labute approximate surface area is 130 Å². The van der Waals surface area contributed by atoms with Gasteiger partial charge in [0.05, 0.1) is 17.2 Å². The fourth-order valence-electron chi connectivity index (χ4n) is 2.43. The van der Waals surface area contributed by atoms with E-state index in [1.54, 1.807) is 25.1 Å². The number of aryl methyl sites for hydroxylation is 2. The predicted octanol–water partition coefficient (Wildman–Crippen LogP) is 4.65. The number of fused-ring (bicyclic) bond motifs is 1. The molecule has 0 N–H and O–H groups in total. The minimum absolute atomic E-state index is 0.237. The minimum Gasteiger partial charge on any atom is -0.415 e. The van der Waals surface area contributed by atoms with Crippen molar-refractivity contribution in [3.63, 3.8) is 0 Å². The third kappa shape index (κ3) is 3.11. The summed E-state index contributed by atoms with van der Waals surface area (Å²) in [7, 11) is 0. The van der Waals surface area contributed by atoms with E-state index in [1.807, 2.05) is 13.0 Å². The van der Waals surface area contributed by atoms with E-state index in [9.17, 15) is 13.2 Å². The van der Waals surface area contributed by atoms with Gasteiger partial charge in [0.25, 0.3) is 0 Å². The van der Waals surface area contributed by atoms with Gasteiger partial charge < -0.3 is 4.74 Å². The van der Waals surface area contributed by atoms with Crippen molar-refractivity contribution in [1.29, 1.82) is 0 Å². The first-order valence-electron chi connectivity index (χ1n) is 6.93. The van der Waals surface area contributed by atoms with E-state index in [1.165, 1.54) is 6.07 Å². The van der Waals surface area contributed by atoms with Crippen molar-refractivity contribution >= 4 is 11.0 Å². The van der Waals surface area contributed by atoms with E-state index in [-0.39, 0.29) is 11.7 Å². The summed E-state index contributed by atoms with van der Waals surface area (Å²) in [6.07, 6.45) is 1.16. The van der Waals surface area contributed by atoms with Gasteiger partial charge in [0.2, 0.25) is 5.88 Å². The van der Waals surface area contributed by atoms with Gasteiger partial charge in [-0.05, 0) is 54.8 Å². The van der Waals surface area contributed by atoms with Crippen LogP contribution in [0, 0.1) is 19.7 Å². The smallest absolute Gasteiger partial charge is 0.388 e. The molecular formula is C17H13F3N2O. The first-order chi connectivity index (χ1) is 10.9. The second-order valence-electron chi connectivity index (χ2n) is 5.23. The summed E-state index contributed by atoms with van der Waals surface area (Å²) in [5.41, 5.74) is 3.94. The Morgan fingerprint density at radius 1 is 1.09 bits per heavy atom. The third-order valence-electron chi connectivity index (χ3n) is 3.45. The summed E-state index contributed by atoms with van der Waals surface area (Å²) in [4.78, 5) is 8.25. The molecule has 0 saturated heterocycles. The predicted molar refractivity (Wildman–Crippen MR) is 81.0 cm³/mol. The van der Waals surface area contributed by atoms with E-state index in [2.05, 4.69) is 14.7 Å². The van der Waals surface area contributed by atoms with Crippen LogP contribution in [-0.2, 0) is 0 Å². The lowest BCUT2D eigenvalue weighted by Crippen LogP contribution is -2.04. The van der Waals surface area contributed by atoms with E-state index in [0.717, 1.165) is 22.9 Å². The molecular weight excluding hydrogens is 305 g/mol. The summed E-state index contributed by atoms with van der Waals surface area (Å²) < 4.78 is 42.4. The average molecular weight is 318 g/mol. The maximum absolute atomic E-state index is 13.5. The lowest BCUT2D eigenvalue weighted by atomic mass is 9.99. The number of hydrogen-bond donors (Lipinski definition) is 0. The maximum atomic E-state index is 13.5. The monoisotopic (exact) mass is 318 g/mol. The number of nitrogens with zero attached hydrogens (tertiary/aromatic N) is 2. The Morgan fingerprint density at radius 2 is 1.87 bits per heavy atom. The van der Waals surface area contributed by atoms with Gasteiger partial charge in [-0.1, -0.05) is 6.07 Å². The van der Waals surface area contributed by atoms with Crippen molar-refractivity contribution < 1.29 is 17.9 Å². The number of hydrogen-bond acceptors (Lipinski definition) is 3. The number of halogens is 3. The van der Waals surface area contributed by atoms with Crippen LogP contribution in [0.5, 0.6) is 5.88 Å². The highest BCUT2D eigenvalue weighted by atomic mass is 19.3. The first kappa shape index (κ1) is 15.3. The summed E-state index contributed by atoms with van der Waals surface area (Å²) in [5, 5.41) is 0. The molecule has 0 aliphatic heterocycles. The van der Waals surface area contributed by atoms with Crippen LogP contribution in [0.2, 0.25) is 0 Å². The summed E-state index contributed by atoms with van der Waals surface area (Å²) in [6, 6.07) is 8.40. The van der Waals surface area contributed by atoms with Crippen molar-refractivity contribution in [2.45, 2.75) is 20.5 Å². The first-order valence-corrected chi connectivity index (χ1v) is 6.93. The molecule has 0 amide bonds. The van der Waals surface area contributed by atoms with Crippen LogP contribution in [0.1, 0.15) is 11.1 Å². The largest absolute Gasteiger partial charge is 0.415 e. The van der Waals surface area contributed by atoms with Crippen LogP contribution >= 0.6 is 0 Å². The van der Waals surface area contributed by atoms with Gasteiger partial charge >= 0.3 is 6.61 Å². The standard InChI is InChI=1S/C17H13F3N2O/c1-9-5-12(11-3-4-13(18)10(2)7-11)16-14(6-9)22-15(8-21-16)23-17(19)20/h3-8,17H,1-2H3. The molecule has 0 saturated carbocycles. The Balaban J connectivity index is 2.18. The number of benzene rings is 2. The van der Waals surface area contributed by atoms with Crippen molar-refractivity contribution in [2.24, 2.45) is 0 Å². The second-order valence-corrected chi connectivity index (χ2v) is 5.23. The molecule has 2 aromatic carbocycles. The van der Waals surface area contributed by atoms with Crippen LogP contribution in [-0.4, -0.2) is 16.6 Å². The zero-order chi connectivity index (χ0) is 16.6. The molecule has 3 nitrogen and oxygen atoms in total. The van der Waals surface area contributed by atoms with Gasteiger partial charge in [0, 0.05) is 5.56 Å². The molecule has 1 heterocycles. The van der Waals surface area contributed by atoms with E-state index >= 15 is 0 Å². The van der Waals surface area contributed by atoms with Gasteiger partial charge in [-0.15, -0.1) is 0 Å². The molecule has 0 aliphatic rings. The molecule has 6 heteroatoms. The summed E-state index contributed by atoms with van der Waals surface area (Å²) in [5.74, 6) is -0.524. The molecule has 0 unspecified atom stereocenters. The van der Waals surface area contributed by atoms with Gasteiger partial charge in [0.1, 0.15) is 5.82 Å². The number of ether oxygens (including phenoxy) is 1. The molecule has 1 aromatic heterocycles. The number of aromatic nitrogens is 2. The molecule has 0 atom stereocenters. The van der Waals surface area contributed by atoms with Crippen LogP contribution < -0.4 is 4.74 Å². The third-order valence-corrected chi connectivity index (χ3v) is 3.45. The van der Waals surface area contributed by atoms with Gasteiger partial charge in [-0.3, -0.25) is 0 Å². The Morgan fingerprint density at radius 3 is 2.57 bits per heavy atom. The Kier molecular flexibility index (Phi) is 3.90. The fourth-order valence-corrected chi connectivity index (χ4v) is 2.43. The lowest BCUT2D eigenvalue weighted by Gasteiger charge is -2.10. The van der Waals surface area contributed by atoms with Gasteiger partial charge in [-0.2, -0.15) is 8.78 Å². The quantitative estimate of drug-likeness (QED) is 0.705. The topological polar surface area (TPSA) is 35.0 Å². The van der Waals surface area contributed by atoms with Crippen molar-refractivity contribution in [1.82, 2.24) is 9.97 Å². The molecule has 0 radical (unpaired) electrons. The lowest BCUT2D eigenvalue weighted by molar-refractivity contribution is -0.0528. The highest BCUT2D eigenvalue weighted by Gasteiger charge is 2.12. The van der Waals surface area contributed by atoms with Crippen molar-refractivity contribution in [2.75, 3.05) is 0 Å². The highest BCUT2D eigenvalue weighted by molar-refractivity contribution is 5.92. The second kappa shape index (κ2) is 5.87. The van der Waals surface area contributed by atoms with Crippen molar-refractivity contribution in [3.05, 3.63) is 53.5 Å². The molecule has 3 rings (SSSR count). The van der Waals surface area contributed by atoms with Crippen LogP contribution in [0.4, 0.5) is 13.2 Å². The maximum Gasteiger partial charge on any atom is 0.388 e. The van der Waals surface area contributed by atoms with E-state index in [4.69, 9.17) is 0 Å². The minimum atomic E-state index is -2.95. The number of rotatable bonds is 3. The van der Waals surface area contributed by atoms with Crippen LogP contribution in [0.25, 0.3) is 22.2 Å². The SMILES string of the molecule is Cc1cc(-c2ccc(F)c(C)c2)c2ncc(OC(F)F)nc2c1. The molecule has 0 spiro atoms. The summed E-state index contributed by atoms with van der Waals surface area (Å²) >= 11 is 0. The summed E-state index contributed by atoms with van der Waals surface area (Å²) in [6.45, 7) is 0.587. The molecule has 0 aliphatic carbocycles. The van der Waals surface area contributed by atoms with Crippen LogP contribution in [0.15, 0.2) is 36.5 Å². The molecule has 23 heavy (non-hydrogen) atoms. The van der Waals surface area contributed by atoms with Gasteiger partial charge in [-0.25, -0.2) is 14.4 Å². The van der Waals surface area contributed by atoms with Gasteiger partial charge in [0.15, 0.2) is 0 Å². The Hall–Kier alpha value is -2.63. The fraction of sp³-hybridized carbons (Fsp3) is 0.176. The normalized spacial score (nSPS) is 11.2. The molecule has 0 fully saturated rings. The number of alkyl halides is 2. The van der Waals surface area contributed by atoms with E-state index < -0.39 is 6.61 Å². The molecule has 3 aromatic rings. The zero-order valence-corrected chi connectivity index (χ0v) is 12.5.